The number of hydrogen-bond donors (Lipinski definition) is 1. The van der Waals surface area contributed by atoms with E-state index >= 15 is 0 Å². The minimum atomic E-state index is -0.925. The van der Waals surface area contributed by atoms with Crippen molar-refractivity contribution < 1.29 is 24.0 Å². The fraction of sp³-hybridized carbons (Fsp3) is 0.125. The molecule has 9 heteroatoms. The maximum Gasteiger partial charge on any atom is 0.448 e. The summed E-state index contributed by atoms with van der Waals surface area (Å²) in [5.74, 6) is -0.897. The van der Waals surface area contributed by atoms with Crippen LogP contribution in [0.1, 0.15) is 17.3 Å². The minimum absolute atomic E-state index is 0.121. The van der Waals surface area contributed by atoms with Crippen LogP contribution in [0, 0.1) is 0 Å². The summed E-state index contributed by atoms with van der Waals surface area (Å²) in [6.07, 6.45) is 1.92. The molecule has 0 atom stereocenters. The zero-order valence-corrected chi connectivity index (χ0v) is 14.1. The Balaban J connectivity index is 1.98. The molecule has 130 valence electrons. The lowest BCUT2D eigenvalue weighted by molar-refractivity contribution is -0.114. The van der Waals surface area contributed by atoms with Crippen LogP contribution in [-0.4, -0.2) is 35.1 Å². The lowest BCUT2D eigenvalue weighted by atomic mass is 10.3. The maximum absolute atomic E-state index is 12.0. The van der Waals surface area contributed by atoms with Gasteiger partial charge in [-0.15, -0.1) is 5.06 Å². The van der Waals surface area contributed by atoms with Gasteiger partial charge in [-0.25, -0.2) is 9.59 Å². The number of nitrogens with zero attached hydrogens (tertiary/aromatic N) is 2. The second-order valence-electron chi connectivity index (χ2n) is 4.80. The van der Waals surface area contributed by atoms with Crippen molar-refractivity contribution in [3.05, 3.63) is 53.3 Å². The molecule has 0 aliphatic heterocycles. The molecule has 0 fully saturated rings. The van der Waals surface area contributed by atoms with Crippen LogP contribution in [0.15, 0.2) is 42.7 Å². The van der Waals surface area contributed by atoms with E-state index in [0.717, 1.165) is 0 Å². The van der Waals surface area contributed by atoms with Gasteiger partial charge in [-0.3, -0.25) is 9.78 Å². The summed E-state index contributed by atoms with van der Waals surface area (Å²) in [7, 11) is 1.23. The highest BCUT2D eigenvalue weighted by Crippen LogP contribution is 2.27. The van der Waals surface area contributed by atoms with Gasteiger partial charge in [0, 0.05) is 25.4 Å². The van der Waals surface area contributed by atoms with Gasteiger partial charge in [0.15, 0.2) is 0 Å². The van der Waals surface area contributed by atoms with Crippen LogP contribution in [0.2, 0.25) is 5.02 Å². The van der Waals surface area contributed by atoms with Crippen molar-refractivity contribution in [3.63, 3.8) is 0 Å². The van der Waals surface area contributed by atoms with Gasteiger partial charge in [0.05, 0.1) is 23.3 Å². The monoisotopic (exact) mass is 363 g/mol. The van der Waals surface area contributed by atoms with E-state index in [9.17, 15) is 14.4 Å². The Bertz CT molecular complexity index is 798. The molecule has 0 radical (unpaired) electrons. The number of hydrogen-bond acceptors (Lipinski definition) is 6. The Morgan fingerprint density at radius 1 is 1.16 bits per heavy atom. The van der Waals surface area contributed by atoms with Crippen molar-refractivity contribution in [2.75, 3.05) is 12.4 Å². The molecule has 1 heterocycles. The molecule has 0 aliphatic carbocycles. The topological polar surface area (TPSA) is 97.8 Å². The van der Waals surface area contributed by atoms with Gasteiger partial charge < -0.3 is 14.9 Å². The lowest BCUT2D eigenvalue weighted by Gasteiger charge is -2.16. The average Bonchev–Trinajstić information content (AvgIpc) is 2.57. The molecule has 0 bridgehead atoms. The number of hydroxylamine groups is 2. The van der Waals surface area contributed by atoms with Crippen molar-refractivity contribution in [1.82, 2.24) is 10.0 Å². The van der Waals surface area contributed by atoms with E-state index in [4.69, 9.17) is 21.2 Å². The number of nitrogens with one attached hydrogen (secondary N) is 1. The molecule has 2 amide bonds. The van der Waals surface area contributed by atoms with E-state index in [2.05, 4.69) is 10.3 Å². The molecule has 2 rings (SSSR count). The number of carbonyl (C=O) groups excluding carboxylic acids is 3. The third-order valence-electron chi connectivity index (χ3n) is 2.85. The molecule has 0 spiro atoms. The Labute approximate surface area is 148 Å². The van der Waals surface area contributed by atoms with Crippen molar-refractivity contribution in [2.24, 2.45) is 0 Å². The summed E-state index contributed by atoms with van der Waals surface area (Å²) < 4.78 is 5.05. The summed E-state index contributed by atoms with van der Waals surface area (Å²) in [5.41, 5.74) is 0.615. The second kappa shape index (κ2) is 8.11. The molecule has 25 heavy (non-hydrogen) atoms. The Hall–Kier alpha value is -3.13. The number of rotatable bonds is 3. The van der Waals surface area contributed by atoms with E-state index in [0.29, 0.717) is 10.8 Å². The fourth-order valence-corrected chi connectivity index (χ4v) is 1.94. The summed E-state index contributed by atoms with van der Waals surface area (Å²) >= 11 is 5.99. The number of pyridine rings is 1. The Morgan fingerprint density at radius 2 is 1.84 bits per heavy atom. The van der Waals surface area contributed by atoms with Gasteiger partial charge in [-0.05, 0) is 24.3 Å². The molecule has 0 aliphatic rings. The molecule has 0 saturated heterocycles. The zero-order chi connectivity index (χ0) is 18.4. The number of amides is 2. The van der Waals surface area contributed by atoms with Crippen molar-refractivity contribution in [2.45, 2.75) is 6.92 Å². The first-order valence-corrected chi connectivity index (χ1v) is 7.39. The third kappa shape index (κ3) is 5.18. The first-order chi connectivity index (χ1) is 11.9. The predicted octanol–water partition coefficient (Wildman–Crippen LogP) is 2.90. The van der Waals surface area contributed by atoms with Crippen LogP contribution >= 0.6 is 11.6 Å². The smallest absolute Gasteiger partial charge is 0.408 e. The Morgan fingerprint density at radius 3 is 2.44 bits per heavy atom. The largest absolute Gasteiger partial charge is 0.448 e. The Kier molecular flexibility index (Phi) is 5.91. The number of anilines is 1. The SMILES string of the molecule is CC(=O)Nc1ccc(OC(=O)N(C)OC(=O)c2ccncc2)cc1Cl. The molecular formula is C16H14ClN3O5. The van der Waals surface area contributed by atoms with Crippen LogP contribution < -0.4 is 10.1 Å². The van der Waals surface area contributed by atoms with Crippen LogP contribution in [-0.2, 0) is 9.63 Å². The molecule has 1 aromatic carbocycles. The highest BCUT2D eigenvalue weighted by Gasteiger charge is 2.18. The van der Waals surface area contributed by atoms with Gasteiger partial charge in [0.25, 0.3) is 0 Å². The first kappa shape index (κ1) is 18.2. The summed E-state index contributed by atoms with van der Waals surface area (Å²) in [5, 5.41) is 3.37. The molecule has 8 nitrogen and oxygen atoms in total. The van der Waals surface area contributed by atoms with Crippen LogP contribution in [0.25, 0.3) is 0 Å². The summed E-state index contributed by atoms with van der Waals surface area (Å²) in [4.78, 5) is 43.5. The van der Waals surface area contributed by atoms with Crippen molar-refractivity contribution in [1.29, 1.82) is 0 Å². The molecule has 2 aromatic rings. The van der Waals surface area contributed by atoms with E-state index in [1.165, 1.54) is 56.7 Å². The predicted molar refractivity (Wildman–Crippen MR) is 89.2 cm³/mol. The highest BCUT2D eigenvalue weighted by atomic mass is 35.5. The number of halogens is 1. The minimum Gasteiger partial charge on any atom is -0.408 e. The van der Waals surface area contributed by atoms with Crippen molar-refractivity contribution >= 4 is 35.3 Å². The van der Waals surface area contributed by atoms with E-state index in [1.807, 2.05) is 0 Å². The first-order valence-electron chi connectivity index (χ1n) is 7.02. The van der Waals surface area contributed by atoms with Crippen LogP contribution in [0.5, 0.6) is 5.75 Å². The number of ether oxygens (including phenoxy) is 1. The molecule has 1 N–H and O–H groups in total. The molecule has 0 unspecified atom stereocenters. The van der Waals surface area contributed by atoms with E-state index in [-0.39, 0.29) is 22.2 Å². The summed E-state index contributed by atoms with van der Waals surface area (Å²) in [6, 6.07) is 7.16. The fourth-order valence-electron chi connectivity index (χ4n) is 1.72. The summed E-state index contributed by atoms with van der Waals surface area (Å²) in [6.45, 7) is 1.34. The quantitative estimate of drug-likeness (QED) is 0.842. The normalized spacial score (nSPS) is 9.88. The van der Waals surface area contributed by atoms with Crippen LogP contribution in [0.4, 0.5) is 10.5 Å². The van der Waals surface area contributed by atoms with Gasteiger partial charge in [0.2, 0.25) is 5.91 Å². The van der Waals surface area contributed by atoms with Gasteiger partial charge in [-0.2, -0.15) is 0 Å². The van der Waals surface area contributed by atoms with Gasteiger partial charge in [0.1, 0.15) is 5.75 Å². The molecular weight excluding hydrogens is 350 g/mol. The maximum atomic E-state index is 12.0. The lowest BCUT2D eigenvalue weighted by Crippen LogP contribution is -2.32. The number of benzene rings is 1. The standard InChI is InChI=1S/C16H14ClN3O5/c1-10(21)19-14-4-3-12(9-13(14)17)24-16(23)20(2)25-15(22)11-5-7-18-8-6-11/h3-9H,1-2H3,(H,19,21). The average molecular weight is 364 g/mol. The molecule has 1 aromatic heterocycles. The molecule has 0 saturated carbocycles. The van der Waals surface area contributed by atoms with Gasteiger partial charge >= 0.3 is 12.1 Å². The van der Waals surface area contributed by atoms with E-state index < -0.39 is 12.1 Å². The van der Waals surface area contributed by atoms with Crippen LogP contribution in [0.3, 0.4) is 0 Å². The van der Waals surface area contributed by atoms with Crippen molar-refractivity contribution in [3.8, 4) is 5.75 Å². The zero-order valence-electron chi connectivity index (χ0n) is 13.4. The van der Waals surface area contributed by atoms with Gasteiger partial charge in [-0.1, -0.05) is 11.6 Å². The third-order valence-corrected chi connectivity index (χ3v) is 3.16. The number of carbonyl (C=O) groups is 3. The second-order valence-corrected chi connectivity index (χ2v) is 5.21. The van der Waals surface area contributed by atoms with E-state index in [1.54, 1.807) is 0 Å². The highest BCUT2D eigenvalue weighted by molar-refractivity contribution is 6.33. The number of aromatic nitrogens is 1.